The molecule has 2 aromatic carbocycles. The second-order valence-electron chi connectivity index (χ2n) is 6.87. The molecule has 4 nitrogen and oxygen atoms in total. The SMILES string of the molecule is OC(Nc1ccc(-n2nc(C(F)(F)F)cc2C2CC2)cc1)c1c(F)cccc1F. The molecule has 1 atom stereocenters. The Balaban J connectivity index is 1.58. The lowest BCUT2D eigenvalue weighted by molar-refractivity contribution is -0.141. The summed E-state index contributed by atoms with van der Waals surface area (Å²) < 4.78 is 67.9. The van der Waals surface area contributed by atoms with Gasteiger partial charge < -0.3 is 10.4 Å². The van der Waals surface area contributed by atoms with Crippen molar-refractivity contribution in [2.75, 3.05) is 5.32 Å². The van der Waals surface area contributed by atoms with E-state index in [9.17, 15) is 27.1 Å². The van der Waals surface area contributed by atoms with Gasteiger partial charge in [0.15, 0.2) is 11.9 Å². The lowest BCUT2D eigenvalue weighted by Gasteiger charge is -2.16. The first-order valence-corrected chi connectivity index (χ1v) is 8.90. The normalized spacial score (nSPS) is 15.4. The molecule has 1 aromatic heterocycles. The molecule has 0 aliphatic heterocycles. The standard InChI is InChI=1S/C20H16F5N3O/c21-14-2-1-3-15(22)18(14)19(29)26-12-6-8-13(9-7-12)28-16(11-4-5-11)10-17(27-28)20(23,24)25/h1-3,6-11,19,26,29H,4-5H2. The Morgan fingerprint density at radius 3 is 2.21 bits per heavy atom. The summed E-state index contributed by atoms with van der Waals surface area (Å²) in [6, 6.07) is 10.3. The Bertz CT molecular complexity index is 1010. The van der Waals surface area contributed by atoms with Gasteiger partial charge in [-0.25, -0.2) is 13.5 Å². The highest BCUT2D eigenvalue weighted by molar-refractivity contribution is 5.50. The lowest BCUT2D eigenvalue weighted by Crippen LogP contribution is -2.13. The van der Waals surface area contributed by atoms with Gasteiger partial charge in [0, 0.05) is 17.3 Å². The molecule has 0 bridgehead atoms. The van der Waals surface area contributed by atoms with E-state index in [0.29, 0.717) is 17.1 Å². The van der Waals surface area contributed by atoms with E-state index in [-0.39, 0.29) is 5.92 Å². The highest BCUT2D eigenvalue weighted by atomic mass is 19.4. The van der Waals surface area contributed by atoms with Crippen molar-refractivity contribution in [2.45, 2.75) is 31.2 Å². The summed E-state index contributed by atoms with van der Waals surface area (Å²) in [6.07, 6.45) is -4.55. The number of aliphatic hydroxyl groups is 1. The number of nitrogens with one attached hydrogen (secondary N) is 1. The summed E-state index contributed by atoms with van der Waals surface area (Å²) in [5, 5.41) is 16.4. The minimum absolute atomic E-state index is 0.0438. The first-order chi connectivity index (χ1) is 13.7. The van der Waals surface area contributed by atoms with Crippen molar-refractivity contribution in [2.24, 2.45) is 0 Å². The molecule has 1 saturated carbocycles. The van der Waals surface area contributed by atoms with Crippen molar-refractivity contribution in [3.8, 4) is 5.69 Å². The second-order valence-corrected chi connectivity index (χ2v) is 6.87. The molecule has 3 aromatic rings. The molecule has 1 aliphatic carbocycles. The van der Waals surface area contributed by atoms with Gasteiger partial charge in [-0.1, -0.05) is 6.07 Å². The fourth-order valence-electron chi connectivity index (χ4n) is 3.11. The van der Waals surface area contributed by atoms with Crippen molar-refractivity contribution in [3.63, 3.8) is 0 Å². The first kappa shape index (κ1) is 19.4. The van der Waals surface area contributed by atoms with Crippen LogP contribution in [-0.2, 0) is 6.18 Å². The Morgan fingerprint density at radius 1 is 1.03 bits per heavy atom. The van der Waals surface area contributed by atoms with E-state index in [4.69, 9.17) is 0 Å². The van der Waals surface area contributed by atoms with Crippen LogP contribution in [0, 0.1) is 11.6 Å². The summed E-state index contributed by atoms with van der Waals surface area (Å²) in [5.41, 5.74) is -0.229. The number of nitrogens with zero attached hydrogens (tertiary/aromatic N) is 2. The fourth-order valence-corrected chi connectivity index (χ4v) is 3.11. The van der Waals surface area contributed by atoms with Crippen LogP contribution in [0.2, 0.25) is 0 Å². The maximum Gasteiger partial charge on any atom is 0.435 e. The van der Waals surface area contributed by atoms with Crippen LogP contribution >= 0.6 is 0 Å². The van der Waals surface area contributed by atoms with Crippen LogP contribution in [0.1, 0.15) is 41.9 Å². The van der Waals surface area contributed by atoms with Gasteiger partial charge in [0.05, 0.1) is 11.3 Å². The Labute approximate surface area is 162 Å². The zero-order valence-electron chi connectivity index (χ0n) is 14.9. The molecule has 0 radical (unpaired) electrons. The smallest absolute Gasteiger partial charge is 0.369 e. The van der Waals surface area contributed by atoms with Gasteiger partial charge in [-0.15, -0.1) is 0 Å². The van der Waals surface area contributed by atoms with Gasteiger partial charge in [0.1, 0.15) is 11.6 Å². The maximum atomic E-state index is 13.8. The molecule has 1 aliphatic rings. The second kappa shape index (κ2) is 7.14. The molecular formula is C20H16F5N3O. The predicted molar refractivity (Wildman–Crippen MR) is 95.5 cm³/mol. The number of halogens is 5. The highest BCUT2D eigenvalue weighted by Crippen LogP contribution is 2.43. The summed E-state index contributed by atoms with van der Waals surface area (Å²) >= 11 is 0. The highest BCUT2D eigenvalue weighted by Gasteiger charge is 2.38. The molecule has 1 fully saturated rings. The summed E-state index contributed by atoms with van der Waals surface area (Å²) in [5.74, 6) is -1.75. The van der Waals surface area contributed by atoms with E-state index in [1.165, 1.54) is 35.0 Å². The number of hydrogen-bond donors (Lipinski definition) is 2. The molecule has 1 heterocycles. The third-order valence-corrected chi connectivity index (χ3v) is 4.71. The van der Waals surface area contributed by atoms with Crippen LogP contribution in [-0.4, -0.2) is 14.9 Å². The predicted octanol–water partition coefficient (Wildman–Crippen LogP) is 5.15. The van der Waals surface area contributed by atoms with E-state index < -0.39 is 35.3 Å². The van der Waals surface area contributed by atoms with Crippen LogP contribution in [0.5, 0.6) is 0 Å². The van der Waals surface area contributed by atoms with Gasteiger partial charge in [-0.2, -0.15) is 18.3 Å². The number of benzene rings is 2. The third-order valence-electron chi connectivity index (χ3n) is 4.71. The van der Waals surface area contributed by atoms with Gasteiger partial charge in [-0.05, 0) is 55.3 Å². The van der Waals surface area contributed by atoms with E-state index in [1.807, 2.05) is 0 Å². The van der Waals surface area contributed by atoms with Crippen LogP contribution in [0.4, 0.5) is 27.6 Å². The van der Waals surface area contributed by atoms with E-state index in [0.717, 1.165) is 31.0 Å². The number of alkyl halides is 3. The van der Waals surface area contributed by atoms with Gasteiger partial charge in [0.2, 0.25) is 0 Å². The molecule has 4 rings (SSSR count). The van der Waals surface area contributed by atoms with E-state index >= 15 is 0 Å². The molecule has 0 spiro atoms. The Hall–Kier alpha value is -2.94. The van der Waals surface area contributed by atoms with Crippen LogP contribution in [0.3, 0.4) is 0 Å². The maximum absolute atomic E-state index is 13.8. The molecule has 0 saturated heterocycles. The number of anilines is 1. The van der Waals surface area contributed by atoms with Crippen molar-refractivity contribution < 1.29 is 27.1 Å². The molecule has 2 N–H and O–H groups in total. The number of rotatable bonds is 5. The largest absolute Gasteiger partial charge is 0.435 e. The van der Waals surface area contributed by atoms with Gasteiger partial charge in [0.25, 0.3) is 0 Å². The molecule has 1 unspecified atom stereocenters. The number of hydrogen-bond acceptors (Lipinski definition) is 3. The van der Waals surface area contributed by atoms with Gasteiger partial charge in [-0.3, -0.25) is 0 Å². The quantitative estimate of drug-likeness (QED) is 0.453. The summed E-state index contributed by atoms with van der Waals surface area (Å²) in [7, 11) is 0. The average Bonchev–Trinajstić information content (AvgIpc) is 3.39. The summed E-state index contributed by atoms with van der Waals surface area (Å²) in [4.78, 5) is 0. The van der Waals surface area contributed by atoms with Crippen molar-refractivity contribution in [1.29, 1.82) is 0 Å². The lowest BCUT2D eigenvalue weighted by atomic mass is 10.1. The molecule has 9 heteroatoms. The van der Waals surface area contributed by atoms with Crippen molar-refractivity contribution in [3.05, 3.63) is 77.1 Å². The van der Waals surface area contributed by atoms with E-state index in [1.54, 1.807) is 0 Å². The van der Waals surface area contributed by atoms with Crippen molar-refractivity contribution in [1.82, 2.24) is 9.78 Å². The Kier molecular flexibility index (Phi) is 4.77. The topological polar surface area (TPSA) is 50.1 Å². The van der Waals surface area contributed by atoms with Crippen LogP contribution in [0.25, 0.3) is 5.69 Å². The van der Waals surface area contributed by atoms with Crippen molar-refractivity contribution >= 4 is 5.69 Å². The first-order valence-electron chi connectivity index (χ1n) is 8.90. The minimum Gasteiger partial charge on any atom is -0.369 e. The summed E-state index contributed by atoms with van der Waals surface area (Å²) in [6.45, 7) is 0. The minimum atomic E-state index is -4.54. The Morgan fingerprint density at radius 2 is 1.66 bits per heavy atom. The number of aromatic nitrogens is 2. The molecule has 0 amide bonds. The monoisotopic (exact) mass is 409 g/mol. The van der Waals surface area contributed by atoms with E-state index in [2.05, 4.69) is 10.4 Å². The zero-order chi connectivity index (χ0) is 20.8. The molecule has 29 heavy (non-hydrogen) atoms. The van der Waals surface area contributed by atoms with Gasteiger partial charge >= 0.3 is 6.18 Å². The fraction of sp³-hybridized carbons (Fsp3) is 0.250. The average molecular weight is 409 g/mol. The molecule has 152 valence electrons. The zero-order valence-corrected chi connectivity index (χ0v) is 14.9. The van der Waals surface area contributed by atoms with Crippen LogP contribution < -0.4 is 5.32 Å². The van der Waals surface area contributed by atoms with Crippen LogP contribution in [0.15, 0.2) is 48.5 Å². The molecular weight excluding hydrogens is 393 g/mol. The third kappa shape index (κ3) is 3.95. The number of aliphatic hydroxyl groups excluding tert-OH is 1.